The van der Waals surface area contributed by atoms with E-state index in [0.717, 1.165) is 5.69 Å². The lowest BCUT2D eigenvalue weighted by Crippen LogP contribution is -2.36. The van der Waals surface area contributed by atoms with E-state index in [9.17, 15) is 4.79 Å². The summed E-state index contributed by atoms with van der Waals surface area (Å²) in [6.07, 6.45) is 5.46. The predicted molar refractivity (Wildman–Crippen MR) is 80.4 cm³/mol. The summed E-state index contributed by atoms with van der Waals surface area (Å²) in [7, 11) is 0. The molecule has 1 atom stereocenters. The minimum Gasteiger partial charge on any atom is -0.394 e. The van der Waals surface area contributed by atoms with Crippen LogP contribution in [-0.2, 0) is 0 Å². The second kappa shape index (κ2) is 7.35. The highest BCUT2D eigenvalue weighted by Crippen LogP contribution is 2.15. The van der Waals surface area contributed by atoms with Gasteiger partial charge in [0.05, 0.1) is 18.8 Å². The summed E-state index contributed by atoms with van der Waals surface area (Å²) in [5.41, 5.74) is 1.27. The fourth-order valence-electron chi connectivity index (χ4n) is 1.80. The second-order valence-corrected chi connectivity index (χ2v) is 4.56. The zero-order valence-electron chi connectivity index (χ0n) is 11.8. The maximum atomic E-state index is 12.1. The van der Waals surface area contributed by atoms with Gasteiger partial charge in [0, 0.05) is 23.6 Å². The largest absolute Gasteiger partial charge is 0.394 e. The lowest BCUT2D eigenvalue weighted by Gasteiger charge is -2.14. The van der Waals surface area contributed by atoms with Gasteiger partial charge in [-0.05, 0) is 24.6 Å². The molecule has 0 radical (unpaired) electrons. The van der Waals surface area contributed by atoms with Crippen LogP contribution in [0, 0.1) is 0 Å². The lowest BCUT2D eigenvalue weighted by atomic mass is 10.1. The van der Waals surface area contributed by atoms with Crippen LogP contribution >= 0.6 is 0 Å². The van der Waals surface area contributed by atoms with E-state index in [1.165, 1.54) is 0 Å². The van der Waals surface area contributed by atoms with Gasteiger partial charge in [-0.3, -0.25) is 9.78 Å². The van der Waals surface area contributed by atoms with Crippen LogP contribution in [0.5, 0.6) is 0 Å². The number of carbonyl (C=O) groups is 1. The second-order valence-electron chi connectivity index (χ2n) is 4.56. The smallest absolute Gasteiger partial charge is 0.251 e. The normalized spacial score (nSPS) is 11.7. The van der Waals surface area contributed by atoms with Crippen LogP contribution in [0.1, 0.15) is 23.7 Å². The van der Waals surface area contributed by atoms with E-state index in [1.54, 1.807) is 36.8 Å². The Bertz CT molecular complexity index is 585. The molecule has 21 heavy (non-hydrogen) atoms. The van der Waals surface area contributed by atoms with E-state index in [-0.39, 0.29) is 18.6 Å². The van der Waals surface area contributed by atoms with Gasteiger partial charge in [0.15, 0.2) is 0 Å². The van der Waals surface area contributed by atoms with Gasteiger partial charge in [-0.25, -0.2) is 4.98 Å². The van der Waals surface area contributed by atoms with Crippen molar-refractivity contribution in [1.29, 1.82) is 0 Å². The SMILES string of the molecule is CCC(CO)NC(=O)c1cccc(Nc2cnccn2)c1. The summed E-state index contributed by atoms with van der Waals surface area (Å²) in [6.45, 7) is 1.84. The van der Waals surface area contributed by atoms with Crippen LogP contribution in [0.15, 0.2) is 42.9 Å². The molecule has 0 aliphatic rings. The van der Waals surface area contributed by atoms with E-state index in [0.29, 0.717) is 17.8 Å². The average Bonchev–Trinajstić information content (AvgIpc) is 2.53. The number of benzene rings is 1. The Morgan fingerprint density at radius 1 is 1.38 bits per heavy atom. The van der Waals surface area contributed by atoms with E-state index in [4.69, 9.17) is 5.11 Å². The molecule has 110 valence electrons. The van der Waals surface area contributed by atoms with Gasteiger partial charge in [-0.15, -0.1) is 0 Å². The third-order valence-electron chi connectivity index (χ3n) is 3.01. The van der Waals surface area contributed by atoms with Gasteiger partial charge in [0.25, 0.3) is 5.91 Å². The van der Waals surface area contributed by atoms with Crippen molar-refractivity contribution in [2.45, 2.75) is 19.4 Å². The monoisotopic (exact) mass is 286 g/mol. The molecule has 6 nitrogen and oxygen atoms in total. The summed E-state index contributed by atoms with van der Waals surface area (Å²) < 4.78 is 0. The van der Waals surface area contributed by atoms with Gasteiger partial charge >= 0.3 is 0 Å². The molecule has 1 heterocycles. The van der Waals surface area contributed by atoms with Crippen LogP contribution in [0.3, 0.4) is 0 Å². The number of aliphatic hydroxyl groups excluding tert-OH is 1. The van der Waals surface area contributed by atoms with E-state index in [1.807, 2.05) is 13.0 Å². The number of carbonyl (C=O) groups excluding carboxylic acids is 1. The molecule has 2 aromatic rings. The highest BCUT2D eigenvalue weighted by atomic mass is 16.3. The topological polar surface area (TPSA) is 87.1 Å². The van der Waals surface area contributed by atoms with Crippen molar-refractivity contribution in [3.05, 3.63) is 48.4 Å². The van der Waals surface area contributed by atoms with Crippen LogP contribution in [0.25, 0.3) is 0 Å². The number of aromatic nitrogens is 2. The Kier molecular flexibility index (Phi) is 5.22. The first-order valence-electron chi connectivity index (χ1n) is 6.77. The van der Waals surface area contributed by atoms with Crippen molar-refractivity contribution in [2.24, 2.45) is 0 Å². The molecule has 0 bridgehead atoms. The highest BCUT2D eigenvalue weighted by Gasteiger charge is 2.11. The van der Waals surface area contributed by atoms with Crippen molar-refractivity contribution in [3.63, 3.8) is 0 Å². The van der Waals surface area contributed by atoms with Gasteiger partial charge in [-0.2, -0.15) is 0 Å². The molecule has 0 fully saturated rings. The predicted octanol–water partition coefficient (Wildman–Crippen LogP) is 1.72. The van der Waals surface area contributed by atoms with E-state index >= 15 is 0 Å². The molecule has 0 aliphatic carbocycles. The molecule has 2 rings (SSSR count). The van der Waals surface area contributed by atoms with Crippen molar-refractivity contribution in [3.8, 4) is 0 Å². The zero-order valence-corrected chi connectivity index (χ0v) is 11.8. The van der Waals surface area contributed by atoms with Gasteiger partial charge in [0.2, 0.25) is 0 Å². The zero-order chi connectivity index (χ0) is 15.1. The molecule has 0 aliphatic heterocycles. The fraction of sp³-hybridized carbons (Fsp3) is 0.267. The molecule has 0 spiro atoms. The summed E-state index contributed by atoms with van der Waals surface area (Å²) in [6, 6.07) is 6.85. The van der Waals surface area contributed by atoms with E-state index < -0.39 is 0 Å². The Hall–Kier alpha value is -2.47. The number of nitrogens with one attached hydrogen (secondary N) is 2. The number of aliphatic hydroxyl groups is 1. The third kappa shape index (κ3) is 4.25. The average molecular weight is 286 g/mol. The Labute approximate surface area is 123 Å². The molecule has 1 amide bonds. The summed E-state index contributed by atoms with van der Waals surface area (Å²) in [4.78, 5) is 20.2. The summed E-state index contributed by atoms with van der Waals surface area (Å²) in [5.74, 6) is 0.399. The quantitative estimate of drug-likeness (QED) is 0.752. The van der Waals surface area contributed by atoms with Crippen LogP contribution < -0.4 is 10.6 Å². The molecule has 3 N–H and O–H groups in total. The fourth-order valence-corrected chi connectivity index (χ4v) is 1.80. The van der Waals surface area contributed by atoms with E-state index in [2.05, 4.69) is 20.6 Å². The number of hydrogen-bond acceptors (Lipinski definition) is 5. The van der Waals surface area contributed by atoms with Crippen molar-refractivity contribution >= 4 is 17.4 Å². The standard InChI is InChI=1S/C15H18N4O2/c1-2-12(10-20)19-15(21)11-4-3-5-13(8-11)18-14-9-16-6-7-17-14/h3-9,12,20H,2,10H2,1H3,(H,17,18)(H,19,21). The molecule has 0 saturated carbocycles. The molecule has 6 heteroatoms. The van der Waals surface area contributed by atoms with Gasteiger partial charge in [0.1, 0.15) is 5.82 Å². The number of anilines is 2. The maximum Gasteiger partial charge on any atom is 0.251 e. The first kappa shape index (κ1) is 14.9. The molecular weight excluding hydrogens is 268 g/mol. The molecular formula is C15H18N4O2. The Morgan fingerprint density at radius 2 is 2.24 bits per heavy atom. The molecule has 1 unspecified atom stereocenters. The minimum absolute atomic E-state index is 0.0697. The number of hydrogen-bond donors (Lipinski definition) is 3. The number of amides is 1. The number of rotatable bonds is 6. The Balaban J connectivity index is 2.08. The summed E-state index contributed by atoms with van der Waals surface area (Å²) in [5, 5.41) is 15.0. The lowest BCUT2D eigenvalue weighted by molar-refractivity contribution is 0.0915. The number of nitrogens with zero attached hydrogens (tertiary/aromatic N) is 2. The van der Waals surface area contributed by atoms with Crippen LogP contribution in [0.2, 0.25) is 0 Å². The minimum atomic E-state index is -0.228. The van der Waals surface area contributed by atoms with Crippen LogP contribution in [-0.4, -0.2) is 33.6 Å². The van der Waals surface area contributed by atoms with Crippen LogP contribution in [0.4, 0.5) is 11.5 Å². The molecule has 1 aromatic heterocycles. The highest BCUT2D eigenvalue weighted by molar-refractivity contribution is 5.95. The third-order valence-corrected chi connectivity index (χ3v) is 3.01. The Morgan fingerprint density at radius 3 is 2.90 bits per heavy atom. The van der Waals surface area contributed by atoms with Gasteiger partial charge in [-0.1, -0.05) is 13.0 Å². The van der Waals surface area contributed by atoms with Crippen molar-refractivity contribution < 1.29 is 9.90 Å². The van der Waals surface area contributed by atoms with Crippen molar-refractivity contribution in [2.75, 3.05) is 11.9 Å². The molecule has 0 saturated heterocycles. The molecule has 1 aromatic carbocycles. The van der Waals surface area contributed by atoms with Crippen molar-refractivity contribution in [1.82, 2.24) is 15.3 Å². The summed E-state index contributed by atoms with van der Waals surface area (Å²) >= 11 is 0. The first-order valence-corrected chi connectivity index (χ1v) is 6.77. The maximum absolute atomic E-state index is 12.1. The van der Waals surface area contributed by atoms with Gasteiger partial charge < -0.3 is 15.7 Å². The first-order chi connectivity index (χ1) is 10.2.